The number of aromatic nitrogens is 4. The van der Waals surface area contributed by atoms with Crippen LogP contribution in [0.15, 0.2) is 53.3 Å². The smallest absolute Gasteiger partial charge is 0.267 e. The van der Waals surface area contributed by atoms with E-state index in [1.807, 2.05) is 6.92 Å². The molecule has 2 amide bonds. The molecule has 0 saturated heterocycles. The molecule has 2 aromatic heterocycles. The number of aryl methyl sites for hydroxylation is 1. The Morgan fingerprint density at radius 2 is 1.63 bits per heavy atom. The van der Waals surface area contributed by atoms with Crippen molar-refractivity contribution in [1.82, 2.24) is 30.4 Å². The Bertz CT molecular complexity index is 1510. The lowest BCUT2D eigenvalue weighted by Crippen LogP contribution is -2.43. The van der Waals surface area contributed by atoms with Crippen molar-refractivity contribution in [1.29, 1.82) is 0 Å². The molecule has 9 nitrogen and oxygen atoms in total. The highest BCUT2D eigenvalue weighted by atomic mass is 19.1. The van der Waals surface area contributed by atoms with Gasteiger partial charge in [0, 0.05) is 23.2 Å². The number of amides is 2. The van der Waals surface area contributed by atoms with Gasteiger partial charge in [-0.05, 0) is 56.0 Å². The Balaban J connectivity index is 1.41. The van der Waals surface area contributed by atoms with Crippen LogP contribution >= 0.6 is 0 Å². The summed E-state index contributed by atoms with van der Waals surface area (Å²) in [6.07, 6.45) is 2.97. The second-order valence-corrected chi connectivity index (χ2v) is 8.35. The molecule has 2 aromatic carbocycles. The number of nitrogens with one attached hydrogen (secondary N) is 2. The number of fused-ring (bicyclic) bond motifs is 2. The van der Waals surface area contributed by atoms with Gasteiger partial charge in [-0.2, -0.15) is 10.2 Å². The van der Waals surface area contributed by atoms with Crippen molar-refractivity contribution in [2.24, 2.45) is 0 Å². The zero-order valence-corrected chi connectivity index (χ0v) is 19.0. The van der Waals surface area contributed by atoms with Crippen LogP contribution < -0.4 is 16.4 Å². The van der Waals surface area contributed by atoms with Crippen LogP contribution in [0.25, 0.3) is 16.5 Å². The summed E-state index contributed by atoms with van der Waals surface area (Å²) >= 11 is 0. The van der Waals surface area contributed by atoms with Crippen LogP contribution in [0.1, 0.15) is 52.0 Å². The van der Waals surface area contributed by atoms with E-state index in [1.54, 1.807) is 41.1 Å². The minimum atomic E-state index is -0.644. The highest BCUT2D eigenvalue weighted by molar-refractivity contribution is 6.06. The van der Waals surface area contributed by atoms with Gasteiger partial charge in [0.1, 0.15) is 5.82 Å². The van der Waals surface area contributed by atoms with Gasteiger partial charge in [-0.15, -0.1) is 0 Å². The fourth-order valence-corrected chi connectivity index (χ4v) is 4.41. The van der Waals surface area contributed by atoms with E-state index in [-0.39, 0.29) is 22.8 Å². The Morgan fingerprint density at radius 3 is 2.34 bits per heavy atom. The zero-order chi connectivity index (χ0) is 24.5. The molecule has 0 bridgehead atoms. The Morgan fingerprint density at radius 1 is 0.943 bits per heavy atom. The molecule has 4 aromatic rings. The van der Waals surface area contributed by atoms with Crippen LogP contribution in [0.3, 0.4) is 0 Å². The molecule has 0 radical (unpaired) electrons. The predicted octanol–water partition coefficient (Wildman–Crippen LogP) is 2.69. The monoisotopic (exact) mass is 474 g/mol. The lowest BCUT2D eigenvalue weighted by Gasteiger charge is -2.11. The molecular formula is C25H23FN6O3. The van der Waals surface area contributed by atoms with E-state index in [4.69, 9.17) is 0 Å². The third kappa shape index (κ3) is 4.07. The largest absolute Gasteiger partial charge is 0.290 e. The molecule has 1 aliphatic rings. The van der Waals surface area contributed by atoms with Crippen molar-refractivity contribution in [3.05, 3.63) is 87.3 Å². The Hall–Kier alpha value is -4.34. The number of nitrogens with zero attached hydrogens (tertiary/aromatic N) is 4. The van der Waals surface area contributed by atoms with Gasteiger partial charge in [0.15, 0.2) is 11.4 Å². The van der Waals surface area contributed by atoms with Gasteiger partial charge >= 0.3 is 0 Å². The van der Waals surface area contributed by atoms with Crippen molar-refractivity contribution < 1.29 is 14.0 Å². The van der Waals surface area contributed by atoms with Crippen molar-refractivity contribution in [2.75, 3.05) is 0 Å². The number of hydrazine groups is 1. The average Bonchev–Trinajstić information content (AvgIpc) is 3.48. The first-order valence-electron chi connectivity index (χ1n) is 11.4. The van der Waals surface area contributed by atoms with Gasteiger partial charge < -0.3 is 0 Å². The summed E-state index contributed by atoms with van der Waals surface area (Å²) in [6, 6.07) is 12.6. The quantitative estimate of drug-likeness (QED) is 0.432. The number of hydrogen-bond donors (Lipinski definition) is 2. The maximum absolute atomic E-state index is 13.4. The molecule has 0 atom stereocenters. The van der Waals surface area contributed by atoms with E-state index in [0.717, 1.165) is 24.1 Å². The lowest BCUT2D eigenvalue weighted by atomic mass is 10.1. The van der Waals surface area contributed by atoms with Crippen LogP contribution in [0.4, 0.5) is 4.39 Å². The summed E-state index contributed by atoms with van der Waals surface area (Å²) in [7, 11) is 0. The summed E-state index contributed by atoms with van der Waals surface area (Å²) in [4.78, 5) is 38.6. The number of carbonyl (C=O) groups excluding carboxylic acids is 2. The minimum Gasteiger partial charge on any atom is -0.267 e. The number of benzene rings is 2. The lowest BCUT2D eigenvalue weighted by molar-refractivity contribution is 0.0840. The van der Waals surface area contributed by atoms with E-state index >= 15 is 0 Å². The van der Waals surface area contributed by atoms with Crippen LogP contribution in [-0.2, 0) is 19.4 Å². The van der Waals surface area contributed by atoms with Gasteiger partial charge in [-0.25, -0.2) is 13.8 Å². The van der Waals surface area contributed by atoms with Crippen LogP contribution in [-0.4, -0.2) is 31.4 Å². The fraction of sp³-hybridized carbons (Fsp3) is 0.240. The second kappa shape index (κ2) is 9.13. The molecule has 178 valence electrons. The van der Waals surface area contributed by atoms with Crippen molar-refractivity contribution >= 4 is 22.6 Å². The first-order valence-corrected chi connectivity index (χ1v) is 11.4. The molecular weight excluding hydrogens is 451 g/mol. The Kier molecular flexibility index (Phi) is 5.86. The summed E-state index contributed by atoms with van der Waals surface area (Å²) in [6.45, 7) is 2.27. The Labute approximate surface area is 199 Å². The summed E-state index contributed by atoms with van der Waals surface area (Å²) < 4.78 is 16.3. The second-order valence-electron chi connectivity index (χ2n) is 8.35. The SMILES string of the molecule is CCCn1nc(C(=O)NNC(=O)c2nn(-c3ccc(F)cc3)c3c2CCC3)c2ccccc2c1=O. The predicted molar refractivity (Wildman–Crippen MR) is 127 cm³/mol. The van der Waals surface area contributed by atoms with E-state index in [0.29, 0.717) is 35.8 Å². The highest BCUT2D eigenvalue weighted by Crippen LogP contribution is 2.27. The van der Waals surface area contributed by atoms with Gasteiger partial charge in [0.05, 0.1) is 11.1 Å². The fourth-order valence-electron chi connectivity index (χ4n) is 4.41. The average molecular weight is 474 g/mol. The third-order valence-corrected chi connectivity index (χ3v) is 6.02. The zero-order valence-electron chi connectivity index (χ0n) is 19.0. The molecule has 2 N–H and O–H groups in total. The summed E-state index contributed by atoms with van der Waals surface area (Å²) in [5.74, 6) is -1.57. The summed E-state index contributed by atoms with van der Waals surface area (Å²) in [5.41, 5.74) is 7.17. The van der Waals surface area contributed by atoms with E-state index < -0.39 is 11.8 Å². The number of rotatable bonds is 5. The van der Waals surface area contributed by atoms with Crippen molar-refractivity contribution in [3.63, 3.8) is 0 Å². The molecule has 0 spiro atoms. The van der Waals surface area contributed by atoms with Crippen molar-refractivity contribution in [3.8, 4) is 5.69 Å². The molecule has 10 heteroatoms. The number of carbonyl (C=O) groups is 2. The molecule has 0 unspecified atom stereocenters. The van der Waals surface area contributed by atoms with Crippen LogP contribution in [0.5, 0.6) is 0 Å². The maximum Gasteiger partial charge on any atom is 0.290 e. The molecule has 35 heavy (non-hydrogen) atoms. The topological polar surface area (TPSA) is 111 Å². The number of halogens is 1. The van der Waals surface area contributed by atoms with Crippen molar-refractivity contribution in [2.45, 2.75) is 39.2 Å². The van der Waals surface area contributed by atoms with E-state index in [2.05, 4.69) is 21.0 Å². The van der Waals surface area contributed by atoms with E-state index in [1.165, 1.54) is 16.8 Å². The molecule has 1 aliphatic carbocycles. The standard InChI is InChI=1S/C25H23FN6O3/c1-2-14-31-25(35)18-7-4-3-6-17(18)21(29-31)23(33)27-28-24(34)22-19-8-5-9-20(19)32(30-22)16-12-10-15(26)11-13-16/h3-4,6-7,10-13H,2,5,8-9,14H2,1H3,(H,27,33)(H,28,34). The normalized spacial score (nSPS) is 12.5. The first kappa shape index (κ1) is 22.5. The molecule has 0 fully saturated rings. The first-order chi connectivity index (χ1) is 17.0. The van der Waals surface area contributed by atoms with Gasteiger partial charge in [0.25, 0.3) is 17.4 Å². The van der Waals surface area contributed by atoms with Gasteiger partial charge in [0.2, 0.25) is 0 Å². The molecule has 0 saturated carbocycles. The highest BCUT2D eigenvalue weighted by Gasteiger charge is 2.27. The molecule has 0 aliphatic heterocycles. The third-order valence-electron chi connectivity index (χ3n) is 6.02. The molecule has 2 heterocycles. The van der Waals surface area contributed by atoms with Gasteiger partial charge in [-0.1, -0.05) is 25.1 Å². The minimum absolute atomic E-state index is 0.0380. The van der Waals surface area contributed by atoms with Gasteiger partial charge in [-0.3, -0.25) is 25.2 Å². The summed E-state index contributed by atoms with van der Waals surface area (Å²) in [5, 5.41) is 9.47. The van der Waals surface area contributed by atoms with Crippen LogP contribution in [0, 0.1) is 5.82 Å². The molecule has 5 rings (SSSR count). The maximum atomic E-state index is 13.4. The van der Waals surface area contributed by atoms with E-state index in [9.17, 15) is 18.8 Å². The van der Waals surface area contributed by atoms with Crippen LogP contribution in [0.2, 0.25) is 0 Å². The number of hydrogen-bond acceptors (Lipinski definition) is 5.